The normalized spacial score (nSPS) is 17.2. The Morgan fingerprint density at radius 1 is 0.931 bits per heavy atom. The number of carbonyl (C=O) groups excluding carboxylic acids is 1. The molecule has 0 aromatic heterocycles. The first kappa shape index (κ1) is 19.5. The van der Waals surface area contributed by atoms with E-state index in [2.05, 4.69) is 4.99 Å². The molecule has 0 aliphatic carbocycles. The summed E-state index contributed by atoms with van der Waals surface area (Å²) in [5.74, 6) is 0.379. The van der Waals surface area contributed by atoms with Crippen molar-refractivity contribution in [2.45, 2.75) is 18.9 Å². The van der Waals surface area contributed by atoms with E-state index in [0.29, 0.717) is 22.6 Å². The zero-order valence-corrected chi connectivity index (χ0v) is 16.5. The maximum absolute atomic E-state index is 13.1. The van der Waals surface area contributed by atoms with Gasteiger partial charge < -0.3 is 0 Å². The Kier molecular flexibility index (Phi) is 5.04. The van der Waals surface area contributed by atoms with Crippen LogP contribution < -0.4 is 0 Å². The van der Waals surface area contributed by atoms with Crippen LogP contribution in [0.3, 0.4) is 0 Å². The van der Waals surface area contributed by atoms with Crippen LogP contribution in [0, 0.1) is 6.92 Å². The van der Waals surface area contributed by atoms with Crippen LogP contribution in [-0.4, -0.2) is 10.7 Å². The molecule has 3 aromatic carbocycles. The van der Waals surface area contributed by atoms with E-state index in [1.807, 2.05) is 49.4 Å². The van der Waals surface area contributed by atoms with Crippen molar-refractivity contribution in [2.75, 3.05) is 0 Å². The van der Waals surface area contributed by atoms with Gasteiger partial charge in [0.25, 0.3) is 0 Å². The summed E-state index contributed by atoms with van der Waals surface area (Å²) < 4.78 is 38.2. The molecule has 1 atom stereocenters. The highest BCUT2D eigenvalue weighted by Gasteiger charge is 2.30. The maximum atomic E-state index is 13.1. The van der Waals surface area contributed by atoms with Crippen molar-refractivity contribution in [2.24, 2.45) is 4.99 Å². The van der Waals surface area contributed by atoms with Crippen LogP contribution in [0.15, 0.2) is 71.7 Å². The molecule has 0 saturated heterocycles. The van der Waals surface area contributed by atoms with Crippen molar-refractivity contribution < 1.29 is 18.0 Å². The summed E-state index contributed by atoms with van der Waals surface area (Å²) in [6.45, 7) is 2.02. The van der Waals surface area contributed by atoms with Crippen LogP contribution in [0.2, 0.25) is 0 Å². The molecule has 1 heterocycles. The number of carbonyl (C=O) groups is 1. The van der Waals surface area contributed by atoms with Gasteiger partial charge >= 0.3 is 6.18 Å². The molecule has 6 heteroatoms. The van der Waals surface area contributed by atoms with Gasteiger partial charge in [-0.15, -0.1) is 10.9 Å². The minimum atomic E-state index is -4.36. The Morgan fingerprint density at radius 3 is 2.34 bits per heavy atom. The number of hydrogen-bond donors (Lipinski definition) is 1. The first-order valence-electron chi connectivity index (χ1n) is 9.04. The van der Waals surface area contributed by atoms with E-state index >= 15 is 0 Å². The lowest BCUT2D eigenvalue weighted by atomic mass is 9.98. The quantitative estimate of drug-likeness (QED) is 0.476. The molecule has 1 aliphatic heterocycles. The van der Waals surface area contributed by atoms with E-state index in [1.165, 1.54) is 12.1 Å². The summed E-state index contributed by atoms with van der Waals surface area (Å²) in [5.41, 5.74) is 6.01. The number of fused-ring (bicyclic) bond motifs is 1. The summed E-state index contributed by atoms with van der Waals surface area (Å²) in [6, 6.07) is 18.6. The smallest absolute Gasteiger partial charge is 0.283 e. The Balaban J connectivity index is 1.60. The van der Waals surface area contributed by atoms with Crippen molar-refractivity contribution >= 4 is 27.2 Å². The molecule has 1 aliphatic rings. The molecule has 148 valence electrons. The van der Waals surface area contributed by atoms with E-state index < -0.39 is 22.6 Å². The number of nitrogens with zero attached hydrogens (tertiary/aromatic N) is 1. The first-order chi connectivity index (χ1) is 13.8. The molecule has 0 bridgehead atoms. The van der Waals surface area contributed by atoms with Crippen molar-refractivity contribution in [1.29, 1.82) is 0 Å². The minimum absolute atomic E-state index is 0.000308. The van der Waals surface area contributed by atoms with Crippen molar-refractivity contribution in [3.63, 3.8) is 0 Å². The van der Waals surface area contributed by atoms with Crippen molar-refractivity contribution in [3.05, 3.63) is 89.0 Å². The number of halogens is 3. The van der Waals surface area contributed by atoms with E-state index in [0.717, 1.165) is 28.8 Å². The highest BCUT2D eigenvalue weighted by molar-refractivity contribution is 8.39. The Morgan fingerprint density at radius 2 is 1.66 bits per heavy atom. The van der Waals surface area contributed by atoms with Crippen LogP contribution in [0.25, 0.3) is 11.1 Å². The van der Waals surface area contributed by atoms with Gasteiger partial charge in [-0.25, -0.2) is 0 Å². The second-order valence-corrected chi connectivity index (χ2v) is 8.81. The van der Waals surface area contributed by atoms with E-state index in [1.54, 1.807) is 5.55 Å². The fourth-order valence-corrected chi connectivity index (χ4v) is 5.02. The van der Waals surface area contributed by atoms with Crippen molar-refractivity contribution in [3.8, 4) is 11.1 Å². The number of hydrogen-bond acceptors (Lipinski definition) is 2. The second kappa shape index (κ2) is 7.52. The summed E-state index contributed by atoms with van der Waals surface area (Å²) in [4.78, 5) is 17.5. The third kappa shape index (κ3) is 3.98. The molecule has 0 amide bonds. The lowest BCUT2D eigenvalue weighted by molar-refractivity contribution is -0.137. The average molecular weight is 413 g/mol. The summed E-state index contributed by atoms with van der Waals surface area (Å²) in [6.07, 6.45) is -4.36. The van der Waals surface area contributed by atoms with E-state index in [-0.39, 0.29) is 5.12 Å². The van der Waals surface area contributed by atoms with Gasteiger partial charge in [0.2, 0.25) is 5.12 Å². The van der Waals surface area contributed by atoms with Crippen LogP contribution >= 0.6 is 10.9 Å². The van der Waals surface area contributed by atoms with Gasteiger partial charge in [-0.3, -0.25) is 9.79 Å². The topological polar surface area (TPSA) is 29.4 Å². The Hall–Kier alpha value is -2.86. The van der Waals surface area contributed by atoms with Gasteiger partial charge in [0.1, 0.15) is 0 Å². The highest BCUT2D eigenvalue weighted by Crippen LogP contribution is 2.41. The fraction of sp³-hybridized carbons (Fsp3) is 0.130. The van der Waals surface area contributed by atoms with E-state index in [4.69, 9.17) is 0 Å². The number of aliphatic imine (C=N–C) groups is 1. The summed E-state index contributed by atoms with van der Waals surface area (Å²) in [7, 11) is -1.23. The molecule has 0 fully saturated rings. The lowest BCUT2D eigenvalue weighted by Crippen LogP contribution is -2.09. The monoisotopic (exact) mass is 413 g/mol. The summed E-state index contributed by atoms with van der Waals surface area (Å²) in [5, 5.41) is 0.000308. The van der Waals surface area contributed by atoms with Crippen LogP contribution in [0.4, 0.5) is 18.9 Å². The Labute approximate surface area is 169 Å². The Bertz CT molecular complexity index is 1100. The number of benzene rings is 3. The molecule has 2 nitrogen and oxygen atoms in total. The van der Waals surface area contributed by atoms with Gasteiger partial charge in [0.15, 0.2) is 0 Å². The van der Waals surface area contributed by atoms with Gasteiger partial charge in [-0.2, -0.15) is 13.2 Å². The van der Waals surface area contributed by atoms with Gasteiger partial charge in [0, 0.05) is 11.3 Å². The van der Waals surface area contributed by atoms with Gasteiger partial charge in [0.05, 0.1) is 16.8 Å². The predicted molar refractivity (Wildman–Crippen MR) is 113 cm³/mol. The molecule has 4 rings (SSSR count). The fourth-order valence-electron chi connectivity index (χ4n) is 3.33. The number of thiol groups is 1. The van der Waals surface area contributed by atoms with Crippen LogP contribution in [-0.2, 0) is 11.9 Å². The van der Waals surface area contributed by atoms with Crippen LogP contribution in [0.1, 0.15) is 27.0 Å². The third-order valence-electron chi connectivity index (χ3n) is 4.91. The highest BCUT2D eigenvalue weighted by atomic mass is 32.2. The largest absolute Gasteiger partial charge is 0.416 e. The molecular weight excluding hydrogens is 395 g/mol. The number of rotatable bonds is 3. The van der Waals surface area contributed by atoms with Gasteiger partial charge in [-0.1, -0.05) is 42.5 Å². The molecule has 0 saturated carbocycles. The SMILES string of the molecule is Cc1ccccc1-c1ccc2c(c1)C(=O)[SH](Cc1ccc(C(F)(F)F)cc1)C=N2. The molecule has 29 heavy (non-hydrogen) atoms. The zero-order chi connectivity index (χ0) is 20.6. The molecule has 0 N–H and O–H groups in total. The molecule has 0 radical (unpaired) electrons. The minimum Gasteiger partial charge on any atom is -0.283 e. The molecule has 3 aromatic rings. The zero-order valence-electron chi connectivity index (χ0n) is 15.6. The first-order valence-corrected chi connectivity index (χ1v) is 10.6. The average Bonchev–Trinajstić information content (AvgIpc) is 2.70. The maximum Gasteiger partial charge on any atom is 0.416 e. The molecule has 1 unspecified atom stereocenters. The number of aryl methyl sites for hydroxylation is 1. The second-order valence-electron chi connectivity index (χ2n) is 6.92. The standard InChI is InChI=1S/C23H18F3NOS/c1-15-4-2-3-5-19(15)17-8-11-21-20(12-17)22(28)29(14-27-21)13-16-6-9-18(10-7-16)23(24,25)26/h2-12,14,29H,13H2,1H3. The lowest BCUT2D eigenvalue weighted by Gasteiger charge is -2.21. The molecular formula is C23H18F3NOS. The summed E-state index contributed by atoms with van der Waals surface area (Å²) >= 11 is 0. The van der Waals surface area contributed by atoms with E-state index in [9.17, 15) is 18.0 Å². The predicted octanol–water partition coefficient (Wildman–Crippen LogP) is 6.70. The van der Waals surface area contributed by atoms with Crippen LogP contribution in [0.5, 0.6) is 0 Å². The third-order valence-corrected chi connectivity index (χ3v) is 6.78. The molecule has 0 spiro atoms. The number of alkyl halides is 3. The van der Waals surface area contributed by atoms with Crippen molar-refractivity contribution in [1.82, 2.24) is 0 Å². The van der Waals surface area contributed by atoms with Gasteiger partial charge in [-0.05, 0) is 53.4 Å².